The summed E-state index contributed by atoms with van der Waals surface area (Å²) in [6, 6.07) is 0. The maximum atomic E-state index is 6.26. The van der Waals surface area contributed by atoms with Gasteiger partial charge in [0.2, 0.25) is 11.7 Å². The van der Waals surface area contributed by atoms with Crippen LogP contribution in [-0.4, -0.2) is 22.8 Å². The lowest BCUT2D eigenvalue weighted by Crippen LogP contribution is -2.48. The predicted octanol–water partition coefficient (Wildman–Crippen LogP) is 2.94. The van der Waals surface area contributed by atoms with Crippen LogP contribution in [0.15, 0.2) is 4.52 Å². The van der Waals surface area contributed by atoms with E-state index in [9.17, 15) is 0 Å². The van der Waals surface area contributed by atoms with Gasteiger partial charge in [-0.1, -0.05) is 19.0 Å². The van der Waals surface area contributed by atoms with Crippen LogP contribution in [0.3, 0.4) is 0 Å². The molecule has 5 heteroatoms. The van der Waals surface area contributed by atoms with E-state index >= 15 is 0 Å². The van der Waals surface area contributed by atoms with Crippen LogP contribution in [0.4, 0.5) is 0 Å². The van der Waals surface area contributed by atoms with Crippen molar-refractivity contribution in [3.8, 4) is 0 Å². The third-order valence-electron chi connectivity index (χ3n) is 5.53. The number of aromatic nitrogens is 2. The summed E-state index contributed by atoms with van der Waals surface area (Å²) in [5.74, 6) is 1.37. The first-order valence-electron chi connectivity index (χ1n) is 8.04. The van der Waals surface area contributed by atoms with Gasteiger partial charge in [0.25, 0.3) is 0 Å². The quantitative estimate of drug-likeness (QED) is 0.924. The summed E-state index contributed by atoms with van der Waals surface area (Å²) in [4.78, 5) is 4.61. The van der Waals surface area contributed by atoms with Gasteiger partial charge in [0.05, 0.1) is 0 Å². The Labute approximate surface area is 126 Å². The van der Waals surface area contributed by atoms with Crippen molar-refractivity contribution in [3.05, 3.63) is 11.7 Å². The molecular weight excluding hydrogens is 266 g/mol. The van der Waals surface area contributed by atoms with Gasteiger partial charge < -0.3 is 15.0 Å². The molecule has 2 aliphatic carbocycles. The van der Waals surface area contributed by atoms with E-state index in [4.69, 9.17) is 15.0 Å². The van der Waals surface area contributed by atoms with E-state index in [-0.39, 0.29) is 11.1 Å². The van der Waals surface area contributed by atoms with Crippen LogP contribution < -0.4 is 5.73 Å². The van der Waals surface area contributed by atoms with E-state index < -0.39 is 0 Å². The molecule has 0 aliphatic heterocycles. The molecule has 118 valence electrons. The Morgan fingerprint density at radius 2 is 1.81 bits per heavy atom. The first-order chi connectivity index (χ1) is 9.87. The van der Waals surface area contributed by atoms with Crippen molar-refractivity contribution in [2.45, 2.75) is 76.4 Å². The third kappa shape index (κ3) is 2.86. The lowest BCUT2D eigenvalue weighted by molar-refractivity contribution is -0.0740. The molecular formula is C16H27N3O2. The van der Waals surface area contributed by atoms with Crippen molar-refractivity contribution in [3.63, 3.8) is 0 Å². The molecule has 0 amide bonds. The van der Waals surface area contributed by atoms with Gasteiger partial charge in [-0.3, -0.25) is 0 Å². The molecule has 0 atom stereocenters. The van der Waals surface area contributed by atoms with E-state index in [1.807, 2.05) is 0 Å². The number of hydrogen-bond acceptors (Lipinski definition) is 5. The molecule has 21 heavy (non-hydrogen) atoms. The highest BCUT2D eigenvalue weighted by molar-refractivity contribution is 5.07. The van der Waals surface area contributed by atoms with E-state index in [1.165, 1.54) is 6.42 Å². The first kappa shape index (κ1) is 15.0. The average Bonchev–Trinajstić information content (AvgIpc) is 2.87. The molecule has 0 spiro atoms. The molecule has 5 nitrogen and oxygen atoms in total. The van der Waals surface area contributed by atoms with Crippen LogP contribution in [-0.2, 0) is 16.8 Å². The van der Waals surface area contributed by atoms with Gasteiger partial charge in [-0.15, -0.1) is 0 Å². The maximum absolute atomic E-state index is 6.26. The molecule has 0 radical (unpaired) electrons. The standard InChI is InChI=1S/C16H27N3O2/c1-14(2)7-9-16(20-3,10-8-14)13-18-12(21-19-13)11-15(17)5-4-6-15/h4-11,17H2,1-3H3. The molecule has 0 bridgehead atoms. The maximum Gasteiger partial charge on any atom is 0.228 e. The summed E-state index contributed by atoms with van der Waals surface area (Å²) in [6.45, 7) is 4.62. The lowest BCUT2D eigenvalue weighted by Gasteiger charge is -2.40. The summed E-state index contributed by atoms with van der Waals surface area (Å²) in [6.07, 6.45) is 8.12. The van der Waals surface area contributed by atoms with Crippen LogP contribution in [0.5, 0.6) is 0 Å². The van der Waals surface area contributed by atoms with Gasteiger partial charge in [-0.25, -0.2) is 0 Å². The summed E-state index contributed by atoms with van der Waals surface area (Å²) < 4.78 is 11.3. The number of rotatable bonds is 4. The van der Waals surface area contributed by atoms with E-state index in [0.717, 1.165) is 38.5 Å². The molecule has 0 aromatic carbocycles. The van der Waals surface area contributed by atoms with Gasteiger partial charge in [-0.05, 0) is 50.4 Å². The Kier molecular flexibility index (Phi) is 3.61. The van der Waals surface area contributed by atoms with E-state index in [0.29, 0.717) is 23.6 Å². The Bertz CT molecular complexity index is 495. The Morgan fingerprint density at radius 3 is 2.33 bits per heavy atom. The van der Waals surface area contributed by atoms with Crippen LogP contribution in [0.1, 0.15) is 70.5 Å². The Morgan fingerprint density at radius 1 is 1.14 bits per heavy atom. The molecule has 0 saturated heterocycles. The van der Waals surface area contributed by atoms with Crippen molar-refractivity contribution in [1.82, 2.24) is 10.1 Å². The molecule has 1 heterocycles. The van der Waals surface area contributed by atoms with Gasteiger partial charge >= 0.3 is 0 Å². The largest absolute Gasteiger partial charge is 0.370 e. The van der Waals surface area contributed by atoms with Crippen LogP contribution in [0.25, 0.3) is 0 Å². The van der Waals surface area contributed by atoms with Crippen LogP contribution in [0, 0.1) is 5.41 Å². The highest BCUT2D eigenvalue weighted by atomic mass is 16.5. The smallest absolute Gasteiger partial charge is 0.228 e. The average molecular weight is 293 g/mol. The van der Waals surface area contributed by atoms with Crippen molar-refractivity contribution >= 4 is 0 Å². The van der Waals surface area contributed by atoms with Gasteiger partial charge in [-0.2, -0.15) is 4.98 Å². The zero-order valence-corrected chi connectivity index (χ0v) is 13.4. The molecule has 0 unspecified atom stereocenters. The summed E-state index contributed by atoms with van der Waals surface area (Å²) >= 11 is 0. The number of nitrogens with zero attached hydrogens (tertiary/aromatic N) is 2. The summed E-state index contributed by atoms with van der Waals surface area (Å²) in [5, 5.41) is 4.21. The van der Waals surface area contributed by atoms with Crippen LogP contribution in [0.2, 0.25) is 0 Å². The van der Waals surface area contributed by atoms with Gasteiger partial charge in [0, 0.05) is 19.1 Å². The SMILES string of the molecule is COC1(c2noc(CC3(N)CCC3)n2)CCC(C)(C)CC1. The second-order valence-electron chi connectivity index (χ2n) is 7.77. The van der Waals surface area contributed by atoms with Gasteiger partial charge in [0.1, 0.15) is 5.60 Å². The topological polar surface area (TPSA) is 74.2 Å². The molecule has 3 rings (SSSR count). The van der Waals surface area contributed by atoms with Crippen molar-refractivity contribution in [2.75, 3.05) is 7.11 Å². The number of hydrogen-bond donors (Lipinski definition) is 1. The zero-order valence-electron chi connectivity index (χ0n) is 13.4. The predicted molar refractivity (Wildman–Crippen MR) is 79.7 cm³/mol. The van der Waals surface area contributed by atoms with Gasteiger partial charge in [0.15, 0.2) is 0 Å². The third-order valence-corrected chi connectivity index (χ3v) is 5.53. The normalized spacial score (nSPS) is 26.3. The van der Waals surface area contributed by atoms with Crippen molar-refractivity contribution in [2.24, 2.45) is 11.1 Å². The first-order valence-corrected chi connectivity index (χ1v) is 8.04. The number of nitrogens with two attached hydrogens (primary N) is 1. The fourth-order valence-corrected chi connectivity index (χ4v) is 3.47. The minimum atomic E-state index is -0.376. The Balaban J connectivity index is 1.74. The minimum Gasteiger partial charge on any atom is -0.370 e. The zero-order chi connectivity index (χ0) is 15.1. The Hall–Kier alpha value is -0.940. The molecule has 2 saturated carbocycles. The second kappa shape index (κ2) is 5.06. The summed E-state index contributed by atoms with van der Waals surface area (Å²) in [7, 11) is 1.75. The van der Waals surface area contributed by atoms with E-state index in [1.54, 1.807) is 7.11 Å². The van der Waals surface area contributed by atoms with Crippen LogP contribution >= 0.6 is 0 Å². The lowest BCUT2D eigenvalue weighted by atomic mass is 9.70. The molecule has 2 fully saturated rings. The second-order valence-corrected chi connectivity index (χ2v) is 7.77. The highest BCUT2D eigenvalue weighted by Crippen LogP contribution is 2.46. The number of methoxy groups -OCH3 is 1. The van der Waals surface area contributed by atoms with Crippen molar-refractivity contribution < 1.29 is 9.26 Å². The monoisotopic (exact) mass is 293 g/mol. The molecule has 1 aromatic rings. The fourth-order valence-electron chi connectivity index (χ4n) is 3.47. The minimum absolute atomic E-state index is 0.126. The molecule has 1 aromatic heterocycles. The molecule has 2 N–H and O–H groups in total. The van der Waals surface area contributed by atoms with Crippen molar-refractivity contribution in [1.29, 1.82) is 0 Å². The van der Waals surface area contributed by atoms with E-state index in [2.05, 4.69) is 24.0 Å². The summed E-state index contributed by atoms with van der Waals surface area (Å²) in [5.41, 5.74) is 6.14. The highest BCUT2D eigenvalue weighted by Gasteiger charge is 2.44. The molecule has 2 aliphatic rings. The number of ether oxygens (including phenoxy) is 1. The fraction of sp³-hybridized carbons (Fsp3) is 0.875.